The van der Waals surface area contributed by atoms with Crippen LogP contribution in [-0.2, 0) is 14.8 Å². The van der Waals surface area contributed by atoms with Crippen LogP contribution in [0.25, 0.3) is 0 Å². The molecule has 0 spiro atoms. The second-order valence-electron chi connectivity index (χ2n) is 4.53. The summed E-state index contributed by atoms with van der Waals surface area (Å²) in [6, 6.07) is 1.47. The summed E-state index contributed by atoms with van der Waals surface area (Å²) in [6.45, 7) is 1.51. The Balaban J connectivity index is 1.90. The Hall–Kier alpha value is 0.340. The van der Waals surface area contributed by atoms with Crippen molar-refractivity contribution in [1.82, 2.24) is 4.31 Å². The van der Waals surface area contributed by atoms with Gasteiger partial charge in [-0.2, -0.15) is 4.31 Å². The molecule has 2 rings (SSSR count). The van der Waals surface area contributed by atoms with Crippen molar-refractivity contribution in [1.29, 1.82) is 0 Å². The lowest BCUT2D eigenvalue weighted by atomic mass is 10.5. The Labute approximate surface area is 130 Å². The van der Waals surface area contributed by atoms with Crippen LogP contribution in [0.5, 0.6) is 0 Å². The third kappa shape index (κ3) is 4.15. The molecule has 1 fully saturated rings. The van der Waals surface area contributed by atoms with Gasteiger partial charge in [-0.25, -0.2) is 8.42 Å². The van der Waals surface area contributed by atoms with Crippen molar-refractivity contribution in [3.63, 3.8) is 0 Å². The van der Waals surface area contributed by atoms with Crippen molar-refractivity contribution < 1.29 is 13.2 Å². The number of likely N-dealkylation sites (N-methyl/N-ethyl adjacent to an activating group) is 1. The standard InChI is InChI=1S/C11H15BrClNO3S2/c1-14(4-5-17-7-8-2-3-8)19(15,16)10-6-9(13)11(12)18-10/h6,8H,2-5,7H2,1H3. The van der Waals surface area contributed by atoms with Gasteiger partial charge >= 0.3 is 0 Å². The van der Waals surface area contributed by atoms with E-state index < -0.39 is 10.0 Å². The van der Waals surface area contributed by atoms with Crippen LogP contribution in [0.4, 0.5) is 0 Å². The maximum absolute atomic E-state index is 12.2. The fourth-order valence-electron chi connectivity index (χ4n) is 1.46. The molecule has 1 heterocycles. The minimum Gasteiger partial charge on any atom is -0.380 e. The van der Waals surface area contributed by atoms with Crippen LogP contribution in [0.1, 0.15) is 12.8 Å². The molecule has 1 aromatic heterocycles. The Morgan fingerprint density at radius 3 is 2.79 bits per heavy atom. The van der Waals surface area contributed by atoms with E-state index in [-0.39, 0.29) is 4.21 Å². The monoisotopic (exact) mass is 387 g/mol. The molecule has 0 atom stereocenters. The summed E-state index contributed by atoms with van der Waals surface area (Å²) in [6.07, 6.45) is 2.46. The molecule has 0 bridgehead atoms. The molecular weight excluding hydrogens is 374 g/mol. The smallest absolute Gasteiger partial charge is 0.252 e. The summed E-state index contributed by atoms with van der Waals surface area (Å²) in [4.78, 5) is 0. The third-order valence-electron chi connectivity index (χ3n) is 2.89. The van der Waals surface area contributed by atoms with Crippen LogP contribution in [0.2, 0.25) is 5.02 Å². The highest BCUT2D eigenvalue weighted by Gasteiger charge is 2.25. The lowest BCUT2D eigenvalue weighted by Crippen LogP contribution is -2.30. The maximum atomic E-state index is 12.2. The quantitative estimate of drug-likeness (QED) is 0.674. The highest BCUT2D eigenvalue weighted by Crippen LogP contribution is 2.35. The largest absolute Gasteiger partial charge is 0.380 e. The van der Waals surface area contributed by atoms with Crippen molar-refractivity contribution in [2.24, 2.45) is 5.92 Å². The van der Waals surface area contributed by atoms with Crippen LogP contribution < -0.4 is 0 Å². The van der Waals surface area contributed by atoms with Gasteiger partial charge in [0.25, 0.3) is 10.0 Å². The van der Waals surface area contributed by atoms with E-state index in [2.05, 4.69) is 15.9 Å². The maximum Gasteiger partial charge on any atom is 0.252 e. The molecule has 0 aliphatic heterocycles. The van der Waals surface area contributed by atoms with Crippen LogP contribution in [0, 0.1) is 5.92 Å². The highest BCUT2D eigenvalue weighted by molar-refractivity contribution is 9.11. The first-order chi connectivity index (χ1) is 8.91. The topological polar surface area (TPSA) is 46.6 Å². The zero-order valence-corrected chi connectivity index (χ0v) is 14.4. The van der Waals surface area contributed by atoms with Crippen LogP contribution in [0.15, 0.2) is 14.1 Å². The Morgan fingerprint density at radius 2 is 2.26 bits per heavy atom. The van der Waals surface area contributed by atoms with Gasteiger partial charge in [-0.15, -0.1) is 11.3 Å². The van der Waals surface area contributed by atoms with Gasteiger partial charge in [-0.05, 0) is 40.8 Å². The van der Waals surface area contributed by atoms with E-state index in [0.717, 1.165) is 17.9 Å². The molecule has 1 aliphatic carbocycles. The fraction of sp³-hybridized carbons (Fsp3) is 0.636. The zero-order chi connectivity index (χ0) is 14.0. The second-order valence-corrected chi connectivity index (χ2v) is 9.58. The summed E-state index contributed by atoms with van der Waals surface area (Å²) in [7, 11) is -1.92. The number of sulfonamides is 1. The van der Waals surface area contributed by atoms with Crippen molar-refractivity contribution in [2.45, 2.75) is 17.1 Å². The van der Waals surface area contributed by atoms with Gasteiger partial charge in [0.1, 0.15) is 4.21 Å². The molecule has 0 aromatic carbocycles. The molecule has 108 valence electrons. The molecular formula is C11H15BrClNO3S2. The third-order valence-corrected chi connectivity index (χ3v) is 7.67. The molecule has 0 amide bonds. The van der Waals surface area contributed by atoms with Gasteiger partial charge in [0, 0.05) is 20.2 Å². The second kappa shape index (κ2) is 6.41. The van der Waals surface area contributed by atoms with Gasteiger partial charge in [0.05, 0.1) is 15.4 Å². The minimum atomic E-state index is -3.47. The van der Waals surface area contributed by atoms with Gasteiger partial charge in [-0.3, -0.25) is 0 Å². The summed E-state index contributed by atoms with van der Waals surface area (Å²) < 4.78 is 32.1. The van der Waals surface area contributed by atoms with E-state index in [0.29, 0.717) is 27.9 Å². The number of hydrogen-bond donors (Lipinski definition) is 0. The number of ether oxygens (including phenoxy) is 1. The molecule has 19 heavy (non-hydrogen) atoms. The number of hydrogen-bond acceptors (Lipinski definition) is 4. The lowest BCUT2D eigenvalue weighted by molar-refractivity contribution is 0.117. The molecule has 0 radical (unpaired) electrons. The van der Waals surface area contributed by atoms with Crippen molar-refractivity contribution in [3.05, 3.63) is 14.9 Å². The fourth-order valence-corrected chi connectivity index (χ4v) is 5.22. The average molecular weight is 389 g/mol. The van der Waals surface area contributed by atoms with Gasteiger partial charge in [-0.1, -0.05) is 11.6 Å². The van der Waals surface area contributed by atoms with Crippen molar-refractivity contribution >= 4 is 48.9 Å². The SMILES string of the molecule is CN(CCOCC1CC1)S(=O)(=O)c1cc(Cl)c(Br)s1. The Bertz CT molecular complexity index is 523. The van der Waals surface area contributed by atoms with E-state index in [9.17, 15) is 8.42 Å². The summed E-state index contributed by atoms with van der Waals surface area (Å²) >= 11 is 10.2. The molecule has 0 N–H and O–H groups in total. The molecule has 1 aliphatic rings. The lowest BCUT2D eigenvalue weighted by Gasteiger charge is -2.15. The summed E-state index contributed by atoms with van der Waals surface area (Å²) in [5, 5.41) is 0.418. The average Bonchev–Trinajstić information content (AvgIpc) is 3.11. The molecule has 4 nitrogen and oxygen atoms in total. The summed E-state index contributed by atoms with van der Waals surface area (Å²) in [5.74, 6) is 0.689. The first kappa shape index (κ1) is 15.7. The molecule has 0 saturated heterocycles. The minimum absolute atomic E-state index is 0.245. The first-order valence-electron chi connectivity index (χ1n) is 5.90. The van der Waals surface area contributed by atoms with Gasteiger partial charge < -0.3 is 4.74 Å². The van der Waals surface area contributed by atoms with E-state index in [1.807, 2.05) is 0 Å². The number of halogens is 2. The highest BCUT2D eigenvalue weighted by atomic mass is 79.9. The predicted molar refractivity (Wildman–Crippen MR) is 80.4 cm³/mol. The number of thiophene rings is 1. The van der Waals surface area contributed by atoms with Gasteiger partial charge in [0.15, 0.2) is 0 Å². The zero-order valence-electron chi connectivity index (χ0n) is 10.4. The number of nitrogens with zero attached hydrogens (tertiary/aromatic N) is 1. The van der Waals surface area contributed by atoms with Crippen molar-refractivity contribution in [3.8, 4) is 0 Å². The van der Waals surface area contributed by atoms with E-state index in [4.69, 9.17) is 16.3 Å². The van der Waals surface area contributed by atoms with Gasteiger partial charge in [0.2, 0.25) is 0 Å². The van der Waals surface area contributed by atoms with E-state index in [1.54, 1.807) is 7.05 Å². The molecule has 8 heteroatoms. The van der Waals surface area contributed by atoms with Crippen LogP contribution in [-0.4, -0.2) is 39.5 Å². The Morgan fingerprint density at radius 1 is 1.58 bits per heavy atom. The van der Waals surface area contributed by atoms with E-state index >= 15 is 0 Å². The number of rotatable bonds is 7. The summed E-state index contributed by atoms with van der Waals surface area (Å²) in [5.41, 5.74) is 0. The Kier molecular flexibility index (Phi) is 5.30. The predicted octanol–water partition coefficient (Wildman–Crippen LogP) is 3.21. The van der Waals surface area contributed by atoms with Crippen molar-refractivity contribution in [2.75, 3.05) is 26.8 Å². The van der Waals surface area contributed by atoms with E-state index in [1.165, 1.54) is 23.2 Å². The molecule has 1 aromatic rings. The normalized spacial score (nSPS) is 16.2. The molecule has 0 unspecified atom stereocenters. The first-order valence-corrected chi connectivity index (χ1v) is 9.33. The van der Waals surface area contributed by atoms with Crippen LogP contribution in [0.3, 0.4) is 0 Å². The molecule has 1 saturated carbocycles. The van der Waals surface area contributed by atoms with Crippen LogP contribution >= 0.6 is 38.9 Å².